The second-order valence-electron chi connectivity index (χ2n) is 7.80. The Morgan fingerprint density at radius 1 is 1.12 bits per heavy atom. The monoisotopic (exact) mass is 461 g/mol. The molecular formula is C26H27N3O3S. The second kappa shape index (κ2) is 10.0. The third kappa shape index (κ3) is 4.41. The van der Waals surface area contributed by atoms with Crippen LogP contribution in [0, 0.1) is 0 Å². The number of methoxy groups -OCH3 is 1. The predicted octanol–water partition coefficient (Wildman–Crippen LogP) is 5.46. The number of carbonyl (C=O) groups excluding carboxylic acids is 1. The molecule has 2 aromatic carbocycles. The van der Waals surface area contributed by atoms with Crippen LogP contribution in [0.2, 0.25) is 0 Å². The number of hydrogen-bond acceptors (Lipinski definition) is 5. The highest BCUT2D eigenvalue weighted by Gasteiger charge is 2.28. The third-order valence-electron chi connectivity index (χ3n) is 5.71. The van der Waals surface area contributed by atoms with Crippen molar-refractivity contribution in [2.45, 2.75) is 32.7 Å². The highest BCUT2D eigenvalue weighted by Crippen LogP contribution is 2.29. The lowest BCUT2D eigenvalue weighted by molar-refractivity contribution is 0.0683. The summed E-state index contributed by atoms with van der Waals surface area (Å²) in [5.41, 5.74) is 1.02. The van der Waals surface area contributed by atoms with E-state index in [2.05, 4.69) is 6.92 Å². The van der Waals surface area contributed by atoms with E-state index in [1.165, 1.54) is 11.3 Å². The van der Waals surface area contributed by atoms with Crippen LogP contribution in [0.15, 0.2) is 70.8 Å². The van der Waals surface area contributed by atoms with E-state index in [1.807, 2.05) is 71.8 Å². The first kappa shape index (κ1) is 22.7. The molecule has 1 atom stereocenters. The highest BCUT2D eigenvalue weighted by molar-refractivity contribution is 7.12. The molecular weight excluding hydrogens is 434 g/mol. The molecule has 0 N–H and O–H groups in total. The van der Waals surface area contributed by atoms with Gasteiger partial charge in [-0.05, 0) is 49.1 Å². The van der Waals surface area contributed by atoms with Gasteiger partial charge in [0.05, 0.1) is 34.6 Å². The Labute approximate surface area is 197 Å². The molecule has 0 spiro atoms. The summed E-state index contributed by atoms with van der Waals surface area (Å²) in [6, 6.07) is 17.9. The van der Waals surface area contributed by atoms with Gasteiger partial charge < -0.3 is 9.64 Å². The number of benzene rings is 2. The molecule has 170 valence electrons. The number of thiophene rings is 1. The number of rotatable bonds is 8. The first-order valence-corrected chi connectivity index (χ1v) is 11.9. The zero-order chi connectivity index (χ0) is 23.4. The summed E-state index contributed by atoms with van der Waals surface area (Å²) in [5.74, 6) is 1.01. The van der Waals surface area contributed by atoms with Crippen LogP contribution in [0.5, 0.6) is 5.75 Å². The molecule has 0 fully saturated rings. The molecule has 2 heterocycles. The molecule has 0 saturated heterocycles. The minimum Gasteiger partial charge on any atom is -0.495 e. The molecule has 7 heteroatoms. The Kier molecular flexibility index (Phi) is 6.89. The molecule has 1 amide bonds. The Hall–Kier alpha value is -3.45. The van der Waals surface area contributed by atoms with Crippen LogP contribution in [-0.2, 0) is 0 Å². The quantitative estimate of drug-likeness (QED) is 0.350. The Morgan fingerprint density at radius 3 is 2.61 bits per heavy atom. The largest absolute Gasteiger partial charge is 0.495 e. The Morgan fingerprint density at radius 2 is 1.88 bits per heavy atom. The van der Waals surface area contributed by atoms with Gasteiger partial charge in [-0.3, -0.25) is 14.2 Å². The van der Waals surface area contributed by atoms with E-state index in [-0.39, 0.29) is 11.5 Å². The maximum Gasteiger partial charge on any atom is 0.266 e. The van der Waals surface area contributed by atoms with Crippen LogP contribution in [0.3, 0.4) is 0 Å². The number of aromatic nitrogens is 2. The smallest absolute Gasteiger partial charge is 0.266 e. The molecule has 2 aromatic heterocycles. The van der Waals surface area contributed by atoms with Gasteiger partial charge in [-0.25, -0.2) is 4.98 Å². The number of hydrogen-bond donors (Lipinski definition) is 0. The van der Waals surface area contributed by atoms with E-state index in [0.29, 0.717) is 39.6 Å². The van der Waals surface area contributed by atoms with Crippen LogP contribution in [0.4, 0.5) is 0 Å². The van der Waals surface area contributed by atoms with Crippen molar-refractivity contribution in [1.82, 2.24) is 14.5 Å². The van der Waals surface area contributed by atoms with Gasteiger partial charge in [0, 0.05) is 6.54 Å². The zero-order valence-electron chi connectivity index (χ0n) is 19.0. The van der Waals surface area contributed by atoms with Crippen LogP contribution in [0.25, 0.3) is 16.6 Å². The van der Waals surface area contributed by atoms with Crippen LogP contribution < -0.4 is 10.3 Å². The lowest BCUT2D eigenvalue weighted by Crippen LogP contribution is -2.38. The number of para-hydroxylation sites is 3. The minimum absolute atomic E-state index is 0.0556. The van der Waals surface area contributed by atoms with Crippen molar-refractivity contribution in [3.8, 4) is 11.4 Å². The number of fused-ring (bicyclic) bond motifs is 1. The Balaban J connectivity index is 1.94. The van der Waals surface area contributed by atoms with Gasteiger partial charge >= 0.3 is 0 Å². The van der Waals surface area contributed by atoms with Crippen LogP contribution in [-0.4, -0.2) is 34.0 Å². The molecule has 6 nitrogen and oxygen atoms in total. The summed E-state index contributed by atoms with van der Waals surface area (Å²) in [7, 11) is 1.58. The molecule has 33 heavy (non-hydrogen) atoms. The predicted molar refractivity (Wildman–Crippen MR) is 133 cm³/mol. The number of ether oxygens (including phenoxy) is 1. The first-order chi connectivity index (χ1) is 16.1. The molecule has 0 aliphatic heterocycles. The third-order valence-corrected chi connectivity index (χ3v) is 6.57. The number of carbonyl (C=O) groups is 1. The molecule has 1 unspecified atom stereocenters. The number of unbranched alkanes of at least 4 members (excludes halogenated alkanes) is 1. The van der Waals surface area contributed by atoms with E-state index in [0.717, 1.165) is 12.8 Å². The molecule has 0 radical (unpaired) electrons. The summed E-state index contributed by atoms with van der Waals surface area (Å²) in [6.45, 7) is 4.60. The first-order valence-electron chi connectivity index (χ1n) is 11.1. The fraction of sp³-hybridized carbons (Fsp3) is 0.269. The summed E-state index contributed by atoms with van der Waals surface area (Å²) >= 11 is 1.42. The van der Waals surface area contributed by atoms with Crippen molar-refractivity contribution >= 4 is 28.1 Å². The number of amides is 1. The van der Waals surface area contributed by atoms with Gasteiger partial charge in [0.1, 0.15) is 11.6 Å². The van der Waals surface area contributed by atoms with Crippen LogP contribution >= 0.6 is 11.3 Å². The molecule has 0 aliphatic rings. The van der Waals surface area contributed by atoms with Crippen molar-refractivity contribution in [3.05, 3.63) is 87.1 Å². The fourth-order valence-electron chi connectivity index (χ4n) is 3.96. The average Bonchev–Trinajstić information content (AvgIpc) is 3.39. The van der Waals surface area contributed by atoms with E-state index in [1.54, 1.807) is 17.7 Å². The van der Waals surface area contributed by atoms with Crippen molar-refractivity contribution in [3.63, 3.8) is 0 Å². The lowest BCUT2D eigenvalue weighted by Gasteiger charge is -2.30. The van der Waals surface area contributed by atoms with Gasteiger partial charge in [0.2, 0.25) is 0 Å². The summed E-state index contributed by atoms with van der Waals surface area (Å²) < 4.78 is 7.16. The summed E-state index contributed by atoms with van der Waals surface area (Å²) in [4.78, 5) is 34.6. The summed E-state index contributed by atoms with van der Waals surface area (Å²) in [5, 5.41) is 2.42. The van der Waals surface area contributed by atoms with Gasteiger partial charge in [-0.2, -0.15) is 0 Å². The lowest BCUT2D eigenvalue weighted by atomic mass is 10.1. The molecule has 4 aromatic rings. The van der Waals surface area contributed by atoms with Gasteiger partial charge in [-0.15, -0.1) is 11.3 Å². The topological polar surface area (TPSA) is 64.4 Å². The normalized spacial score (nSPS) is 12.0. The van der Waals surface area contributed by atoms with Crippen molar-refractivity contribution in [2.75, 3.05) is 13.7 Å². The maximum absolute atomic E-state index is 13.7. The van der Waals surface area contributed by atoms with Crippen molar-refractivity contribution in [2.24, 2.45) is 0 Å². The maximum atomic E-state index is 13.7. The van der Waals surface area contributed by atoms with E-state index in [4.69, 9.17) is 9.72 Å². The highest BCUT2D eigenvalue weighted by atomic mass is 32.1. The molecule has 4 rings (SSSR count). The number of nitrogens with zero attached hydrogens (tertiary/aromatic N) is 3. The van der Waals surface area contributed by atoms with Gasteiger partial charge in [0.15, 0.2) is 0 Å². The Bertz CT molecular complexity index is 1310. The molecule has 0 saturated carbocycles. The van der Waals surface area contributed by atoms with E-state index >= 15 is 0 Å². The zero-order valence-corrected chi connectivity index (χ0v) is 19.8. The van der Waals surface area contributed by atoms with Gasteiger partial charge in [-0.1, -0.05) is 43.7 Å². The second-order valence-corrected chi connectivity index (χ2v) is 8.75. The standard InChI is InChI=1S/C26H27N3O3S/c1-4-5-16-28(26(31)23-15-10-17-33-23)18(2)24-27-20-12-7-6-11-19(20)25(30)29(24)21-13-8-9-14-22(21)32-3/h6-15,17-18H,4-5,16H2,1-3H3. The van der Waals surface area contributed by atoms with Crippen molar-refractivity contribution in [1.29, 1.82) is 0 Å². The molecule has 0 aliphatic carbocycles. The fourth-order valence-corrected chi connectivity index (χ4v) is 4.64. The van der Waals surface area contributed by atoms with Gasteiger partial charge in [0.25, 0.3) is 11.5 Å². The van der Waals surface area contributed by atoms with Crippen LogP contribution in [0.1, 0.15) is 48.2 Å². The molecule has 0 bridgehead atoms. The van der Waals surface area contributed by atoms with Crippen molar-refractivity contribution < 1.29 is 9.53 Å². The van der Waals surface area contributed by atoms with E-state index < -0.39 is 6.04 Å². The van der Waals surface area contributed by atoms with E-state index in [9.17, 15) is 9.59 Å². The average molecular weight is 462 g/mol. The SMILES string of the molecule is CCCCN(C(=O)c1cccs1)C(C)c1nc2ccccc2c(=O)n1-c1ccccc1OC. The minimum atomic E-state index is -0.437. The summed E-state index contributed by atoms with van der Waals surface area (Å²) in [6.07, 6.45) is 1.80.